The summed E-state index contributed by atoms with van der Waals surface area (Å²) in [7, 11) is -3.74. The van der Waals surface area contributed by atoms with Gasteiger partial charge in [0.15, 0.2) is 0 Å². The predicted molar refractivity (Wildman–Crippen MR) is 130 cm³/mol. The molecule has 178 valence electrons. The van der Waals surface area contributed by atoms with E-state index < -0.39 is 15.9 Å². The molecule has 2 N–H and O–H groups in total. The van der Waals surface area contributed by atoms with Gasteiger partial charge in [-0.2, -0.15) is 4.31 Å². The van der Waals surface area contributed by atoms with Gasteiger partial charge in [-0.05, 0) is 49.1 Å². The van der Waals surface area contributed by atoms with Gasteiger partial charge in [-0.15, -0.1) is 0 Å². The zero-order valence-corrected chi connectivity index (χ0v) is 20.5. The second kappa shape index (κ2) is 11.1. The molecule has 2 amide bonds. The summed E-state index contributed by atoms with van der Waals surface area (Å²) in [4.78, 5) is 25.7. The third-order valence-electron chi connectivity index (χ3n) is 5.48. The van der Waals surface area contributed by atoms with E-state index >= 15 is 0 Å². The van der Waals surface area contributed by atoms with Crippen molar-refractivity contribution in [3.8, 4) is 0 Å². The number of halogens is 1. The van der Waals surface area contributed by atoms with Crippen LogP contribution in [-0.4, -0.2) is 44.2 Å². The molecule has 0 atom stereocenters. The van der Waals surface area contributed by atoms with Crippen LogP contribution in [0.5, 0.6) is 0 Å². The van der Waals surface area contributed by atoms with Crippen LogP contribution in [0, 0.1) is 5.92 Å². The standard InChI is InChI=1S/C24H30ClN3O4S/c1-17(2)16-26-23(29)19-9-5-6-10-22(19)27-24(30)20-15-18(11-12-21(20)25)33(31,32)28-13-7-3-4-8-14-28/h5-6,9-12,15,17H,3-4,7-8,13-14,16H2,1-2H3,(H,26,29)(H,27,30). The first-order valence-corrected chi connectivity index (χ1v) is 13.0. The van der Waals surface area contributed by atoms with E-state index in [1.165, 1.54) is 22.5 Å². The fraction of sp³-hybridized carbons (Fsp3) is 0.417. The first-order chi connectivity index (χ1) is 15.7. The van der Waals surface area contributed by atoms with Crippen LogP contribution in [0.2, 0.25) is 5.02 Å². The minimum absolute atomic E-state index is 0.0295. The van der Waals surface area contributed by atoms with Crippen LogP contribution >= 0.6 is 11.6 Å². The van der Waals surface area contributed by atoms with Crippen LogP contribution in [0.25, 0.3) is 0 Å². The van der Waals surface area contributed by atoms with Gasteiger partial charge < -0.3 is 10.6 Å². The van der Waals surface area contributed by atoms with E-state index in [-0.39, 0.29) is 27.3 Å². The highest BCUT2D eigenvalue weighted by Gasteiger charge is 2.27. The second-order valence-electron chi connectivity index (χ2n) is 8.56. The number of benzene rings is 2. The number of carbonyl (C=O) groups excluding carboxylic acids is 2. The molecule has 1 aliphatic rings. The molecule has 3 rings (SSSR count). The van der Waals surface area contributed by atoms with Crippen molar-refractivity contribution in [3.05, 3.63) is 58.6 Å². The monoisotopic (exact) mass is 491 g/mol. The lowest BCUT2D eigenvalue weighted by Crippen LogP contribution is -2.32. The van der Waals surface area contributed by atoms with Crippen LogP contribution in [0.3, 0.4) is 0 Å². The van der Waals surface area contributed by atoms with E-state index in [0.29, 0.717) is 30.9 Å². The van der Waals surface area contributed by atoms with Crippen molar-refractivity contribution >= 4 is 39.1 Å². The maximum atomic E-state index is 13.2. The second-order valence-corrected chi connectivity index (χ2v) is 10.9. The lowest BCUT2D eigenvalue weighted by atomic mass is 10.1. The zero-order chi connectivity index (χ0) is 24.0. The Balaban J connectivity index is 1.85. The molecule has 2 aromatic carbocycles. The Hall–Kier alpha value is -2.42. The number of nitrogens with one attached hydrogen (secondary N) is 2. The molecule has 0 aromatic heterocycles. The van der Waals surface area contributed by atoms with Gasteiger partial charge in [0, 0.05) is 19.6 Å². The van der Waals surface area contributed by atoms with Crippen molar-refractivity contribution in [2.75, 3.05) is 25.0 Å². The van der Waals surface area contributed by atoms with Crippen molar-refractivity contribution in [2.24, 2.45) is 5.92 Å². The quantitative estimate of drug-likeness (QED) is 0.594. The molecule has 0 aliphatic carbocycles. The molecule has 0 spiro atoms. The summed E-state index contributed by atoms with van der Waals surface area (Å²) in [6, 6.07) is 10.8. The number of hydrogen-bond donors (Lipinski definition) is 2. The first-order valence-electron chi connectivity index (χ1n) is 11.2. The van der Waals surface area contributed by atoms with Crippen LogP contribution in [-0.2, 0) is 10.0 Å². The average molecular weight is 492 g/mol. The molecular formula is C24H30ClN3O4S. The first kappa shape index (κ1) is 25.2. The van der Waals surface area contributed by atoms with Gasteiger partial charge >= 0.3 is 0 Å². The van der Waals surface area contributed by atoms with Gasteiger partial charge in [-0.1, -0.05) is 50.4 Å². The molecule has 2 aromatic rings. The summed E-state index contributed by atoms with van der Waals surface area (Å²) in [5, 5.41) is 5.67. The number of nitrogens with zero attached hydrogens (tertiary/aromatic N) is 1. The molecular weight excluding hydrogens is 462 g/mol. The summed E-state index contributed by atoms with van der Waals surface area (Å²) in [5.74, 6) is -0.608. The highest BCUT2D eigenvalue weighted by molar-refractivity contribution is 7.89. The maximum Gasteiger partial charge on any atom is 0.257 e. The fourth-order valence-corrected chi connectivity index (χ4v) is 5.39. The summed E-state index contributed by atoms with van der Waals surface area (Å²) < 4.78 is 27.8. The predicted octanol–water partition coefficient (Wildman–Crippen LogP) is 4.54. The van der Waals surface area contributed by atoms with E-state index in [0.717, 1.165) is 25.7 Å². The Morgan fingerprint density at radius 3 is 2.30 bits per heavy atom. The Labute approximate surface area is 200 Å². The van der Waals surface area contributed by atoms with Crippen LogP contribution in [0.15, 0.2) is 47.4 Å². The Bertz CT molecular complexity index is 1110. The zero-order valence-electron chi connectivity index (χ0n) is 18.9. The van der Waals surface area contributed by atoms with Crippen LogP contribution < -0.4 is 10.6 Å². The molecule has 1 fully saturated rings. The van der Waals surface area contributed by atoms with Crippen LogP contribution in [0.4, 0.5) is 5.69 Å². The topological polar surface area (TPSA) is 95.6 Å². The lowest BCUT2D eigenvalue weighted by molar-refractivity contribution is 0.0950. The molecule has 0 bridgehead atoms. The minimum Gasteiger partial charge on any atom is -0.352 e. The molecule has 33 heavy (non-hydrogen) atoms. The average Bonchev–Trinajstić information content (AvgIpc) is 3.08. The number of hydrogen-bond acceptors (Lipinski definition) is 4. The Morgan fingerprint density at radius 1 is 0.970 bits per heavy atom. The summed E-state index contributed by atoms with van der Waals surface area (Å²) in [6.07, 6.45) is 3.64. The van der Waals surface area contributed by atoms with Crippen molar-refractivity contribution in [1.82, 2.24) is 9.62 Å². The van der Waals surface area contributed by atoms with Gasteiger partial charge in [-0.3, -0.25) is 9.59 Å². The molecule has 7 nitrogen and oxygen atoms in total. The largest absolute Gasteiger partial charge is 0.352 e. The van der Waals surface area contributed by atoms with Crippen molar-refractivity contribution in [1.29, 1.82) is 0 Å². The van der Waals surface area contributed by atoms with Gasteiger partial charge in [0.1, 0.15) is 0 Å². The highest BCUT2D eigenvalue weighted by atomic mass is 35.5. The van der Waals surface area contributed by atoms with Gasteiger partial charge in [0.05, 0.1) is 26.7 Å². The summed E-state index contributed by atoms with van der Waals surface area (Å²) >= 11 is 6.26. The van der Waals surface area contributed by atoms with E-state index in [1.807, 2.05) is 13.8 Å². The van der Waals surface area contributed by atoms with Crippen molar-refractivity contribution in [3.63, 3.8) is 0 Å². The Morgan fingerprint density at radius 2 is 1.64 bits per heavy atom. The molecule has 1 saturated heterocycles. The molecule has 0 radical (unpaired) electrons. The van der Waals surface area contributed by atoms with Gasteiger partial charge in [0.25, 0.3) is 11.8 Å². The highest BCUT2D eigenvalue weighted by Crippen LogP contribution is 2.26. The van der Waals surface area contributed by atoms with E-state index in [1.54, 1.807) is 24.3 Å². The number of amides is 2. The Kier molecular flexibility index (Phi) is 8.51. The lowest BCUT2D eigenvalue weighted by Gasteiger charge is -2.20. The maximum absolute atomic E-state index is 13.2. The normalized spacial score (nSPS) is 15.2. The fourth-order valence-electron chi connectivity index (χ4n) is 3.64. The molecule has 0 unspecified atom stereocenters. The third kappa shape index (κ3) is 6.34. The number of sulfonamides is 1. The number of para-hydroxylation sites is 1. The SMILES string of the molecule is CC(C)CNC(=O)c1ccccc1NC(=O)c1cc(S(=O)(=O)N2CCCCCC2)ccc1Cl. The van der Waals surface area contributed by atoms with E-state index in [4.69, 9.17) is 11.6 Å². The van der Waals surface area contributed by atoms with Crippen molar-refractivity contribution in [2.45, 2.75) is 44.4 Å². The molecule has 1 heterocycles. The van der Waals surface area contributed by atoms with Gasteiger partial charge in [0.2, 0.25) is 10.0 Å². The number of anilines is 1. The van der Waals surface area contributed by atoms with E-state index in [2.05, 4.69) is 10.6 Å². The molecule has 1 aliphatic heterocycles. The number of rotatable bonds is 7. The smallest absolute Gasteiger partial charge is 0.257 e. The minimum atomic E-state index is -3.74. The summed E-state index contributed by atoms with van der Waals surface area (Å²) in [5.41, 5.74) is 0.668. The number of carbonyl (C=O) groups is 2. The van der Waals surface area contributed by atoms with Crippen molar-refractivity contribution < 1.29 is 18.0 Å². The van der Waals surface area contributed by atoms with Crippen LogP contribution in [0.1, 0.15) is 60.2 Å². The van der Waals surface area contributed by atoms with E-state index in [9.17, 15) is 18.0 Å². The summed E-state index contributed by atoms with van der Waals surface area (Å²) in [6.45, 7) is 5.41. The molecule has 9 heteroatoms. The third-order valence-corrected chi connectivity index (χ3v) is 7.70. The van der Waals surface area contributed by atoms with Gasteiger partial charge in [-0.25, -0.2) is 8.42 Å². The molecule has 0 saturated carbocycles.